The van der Waals surface area contributed by atoms with Crippen LogP contribution in [0.2, 0.25) is 0 Å². The van der Waals surface area contributed by atoms with Gasteiger partial charge >= 0.3 is 5.97 Å². The second kappa shape index (κ2) is 5.53. The van der Waals surface area contributed by atoms with Crippen molar-refractivity contribution < 1.29 is 9.90 Å². The summed E-state index contributed by atoms with van der Waals surface area (Å²) in [5, 5.41) is 18.3. The summed E-state index contributed by atoms with van der Waals surface area (Å²) in [5.41, 5.74) is 0. The van der Waals surface area contributed by atoms with Gasteiger partial charge in [-0.25, -0.2) is 0 Å². The van der Waals surface area contributed by atoms with E-state index in [0.29, 0.717) is 12.0 Å². The van der Waals surface area contributed by atoms with Crippen LogP contribution in [0.5, 0.6) is 0 Å². The topological polar surface area (TPSA) is 68.0 Å². The lowest BCUT2D eigenvalue weighted by molar-refractivity contribution is -0.137. The van der Waals surface area contributed by atoms with E-state index >= 15 is 0 Å². The highest BCUT2D eigenvalue weighted by molar-refractivity contribution is 7.99. The van der Waals surface area contributed by atoms with E-state index in [0.717, 1.165) is 23.8 Å². The Hall–Kier alpha value is -1.04. The Morgan fingerprint density at radius 1 is 1.26 bits per heavy atom. The van der Waals surface area contributed by atoms with E-state index in [2.05, 4.69) is 14.8 Å². The number of rotatable bonds is 8. The van der Waals surface area contributed by atoms with Crippen LogP contribution in [0.1, 0.15) is 62.7 Å². The lowest BCUT2D eigenvalue weighted by Gasteiger charge is -2.07. The van der Waals surface area contributed by atoms with Crippen molar-refractivity contribution in [3.8, 4) is 0 Å². The number of carbonyl (C=O) groups is 1. The van der Waals surface area contributed by atoms with Gasteiger partial charge in [0.15, 0.2) is 5.16 Å². The molecule has 1 N–H and O–H groups in total. The third kappa shape index (κ3) is 3.29. The zero-order valence-electron chi connectivity index (χ0n) is 10.9. The summed E-state index contributed by atoms with van der Waals surface area (Å²) in [6, 6.07) is 0.632. The minimum atomic E-state index is -0.706. The molecule has 0 amide bonds. The summed E-state index contributed by atoms with van der Waals surface area (Å²) in [6.07, 6.45) is 6.96. The largest absolute Gasteiger partial charge is 0.481 e. The van der Waals surface area contributed by atoms with Crippen molar-refractivity contribution in [3.63, 3.8) is 0 Å². The highest BCUT2D eigenvalue weighted by Crippen LogP contribution is 2.46. The molecule has 2 aliphatic rings. The fourth-order valence-corrected chi connectivity index (χ4v) is 3.24. The van der Waals surface area contributed by atoms with Gasteiger partial charge in [0.25, 0.3) is 0 Å². The predicted octanol–water partition coefficient (Wildman–Crippen LogP) is 2.84. The van der Waals surface area contributed by atoms with E-state index in [-0.39, 0.29) is 6.42 Å². The molecule has 1 heterocycles. The summed E-state index contributed by atoms with van der Waals surface area (Å²) in [7, 11) is 0. The van der Waals surface area contributed by atoms with Crippen LogP contribution in [0.25, 0.3) is 0 Å². The second-order valence-electron chi connectivity index (χ2n) is 5.42. The van der Waals surface area contributed by atoms with Crippen LogP contribution in [0.4, 0.5) is 0 Å². The fourth-order valence-electron chi connectivity index (χ4n) is 2.22. The molecule has 0 aliphatic heterocycles. The first kappa shape index (κ1) is 13.0. The van der Waals surface area contributed by atoms with E-state index in [4.69, 9.17) is 5.11 Å². The number of hydrogen-bond acceptors (Lipinski definition) is 4. The van der Waals surface area contributed by atoms with Gasteiger partial charge in [-0.1, -0.05) is 11.8 Å². The number of aliphatic carboxylic acids is 1. The normalized spacial score (nSPS) is 18.7. The molecule has 0 radical (unpaired) electrons. The van der Waals surface area contributed by atoms with Crippen LogP contribution in [-0.4, -0.2) is 31.6 Å². The summed E-state index contributed by atoms with van der Waals surface area (Å²) >= 11 is 1.73. The smallest absolute Gasteiger partial charge is 0.303 e. The van der Waals surface area contributed by atoms with Gasteiger partial charge in [0, 0.05) is 24.1 Å². The van der Waals surface area contributed by atoms with Gasteiger partial charge in [0.05, 0.1) is 0 Å². The minimum Gasteiger partial charge on any atom is -0.481 e. The quantitative estimate of drug-likeness (QED) is 0.586. The molecule has 0 spiro atoms. The molecule has 1 aromatic rings. The standard InChI is InChI=1S/C13H19N3O2S/c17-11(18)3-1-2-8-19-13-15-14-12(9-4-5-9)16(13)10-6-7-10/h9-10H,1-8H2,(H,17,18). The SMILES string of the molecule is O=C(O)CCCCSc1nnc(C2CC2)n1C1CC1. The third-order valence-corrected chi connectivity index (χ3v) is 4.59. The van der Waals surface area contributed by atoms with E-state index in [1.54, 1.807) is 11.8 Å². The Morgan fingerprint density at radius 2 is 2.05 bits per heavy atom. The molecule has 2 aliphatic carbocycles. The molecule has 19 heavy (non-hydrogen) atoms. The molecular formula is C13H19N3O2S. The molecule has 6 heteroatoms. The molecule has 2 saturated carbocycles. The average Bonchev–Trinajstić information content (AvgIpc) is 3.28. The van der Waals surface area contributed by atoms with Crippen molar-refractivity contribution in [3.05, 3.63) is 5.82 Å². The lowest BCUT2D eigenvalue weighted by Crippen LogP contribution is -2.02. The van der Waals surface area contributed by atoms with E-state index in [1.807, 2.05) is 0 Å². The number of aromatic nitrogens is 3. The number of hydrogen-bond donors (Lipinski definition) is 1. The number of carboxylic acids is 1. The first-order valence-electron chi connectivity index (χ1n) is 7.05. The summed E-state index contributed by atoms with van der Waals surface area (Å²) in [6.45, 7) is 0. The zero-order valence-corrected chi connectivity index (χ0v) is 11.7. The highest BCUT2D eigenvalue weighted by atomic mass is 32.2. The van der Waals surface area contributed by atoms with Crippen molar-refractivity contribution in [2.75, 3.05) is 5.75 Å². The molecule has 0 aromatic carbocycles. The molecule has 5 nitrogen and oxygen atoms in total. The van der Waals surface area contributed by atoms with Crippen LogP contribution < -0.4 is 0 Å². The Kier molecular flexibility index (Phi) is 3.77. The minimum absolute atomic E-state index is 0.267. The Morgan fingerprint density at radius 3 is 2.68 bits per heavy atom. The molecule has 1 aromatic heterocycles. The van der Waals surface area contributed by atoms with Crippen molar-refractivity contribution in [2.45, 2.75) is 62.1 Å². The third-order valence-electron chi connectivity index (χ3n) is 3.56. The maximum Gasteiger partial charge on any atom is 0.303 e. The zero-order chi connectivity index (χ0) is 13.2. The first-order valence-corrected chi connectivity index (χ1v) is 8.03. The van der Waals surface area contributed by atoms with Crippen LogP contribution in [0, 0.1) is 0 Å². The Bertz CT molecular complexity index is 466. The molecule has 0 bridgehead atoms. The first-order chi connectivity index (χ1) is 9.25. The van der Waals surface area contributed by atoms with Gasteiger partial charge in [-0.3, -0.25) is 4.79 Å². The van der Waals surface area contributed by atoms with Crippen molar-refractivity contribution in [1.29, 1.82) is 0 Å². The van der Waals surface area contributed by atoms with Gasteiger partial charge in [-0.15, -0.1) is 10.2 Å². The van der Waals surface area contributed by atoms with Crippen LogP contribution >= 0.6 is 11.8 Å². The molecule has 0 unspecified atom stereocenters. The molecule has 0 atom stereocenters. The summed E-state index contributed by atoms with van der Waals surface area (Å²) < 4.78 is 2.35. The summed E-state index contributed by atoms with van der Waals surface area (Å²) in [5.74, 6) is 2.06. The number of unbranched alkanes of at least 4 members (excludes halogenated alkanes) is 1. The maximum absolute atomic E-state index is 10.4. The highest BCUT2D eigenvalue weighted by Gasteiger charge is 2.36. The van der Waals surface area contributed by atoms with Gasteiger partial charge < -0.3 is 9.67 Å². The second-order valence-corrected chi connectivity index (χ2v) is 6.48. The van der Waals surface area contributed by atoms with Gasteiger partial charge in [0.2, 0.25) is 0 Å². The summed E-state index contributed by atoms with van der Waals surface area (Å²) in [4.78, 5) is 10.4. The van der Waals surface area contributed by atoms with E-state index in [9.17, 15) is 4.79 Å². The molecule has 3 rings (SSSR count). The maximum atomic E-state index is 10.4. The Balaban J connectivity index is 1.54. The lowest BCUT2D eigenvalue weighted by atomic mass is 10.3. The predicted molar refractivity (Wildman–Crippen MR) is 72.5 cm³/mol. The van der Waals surface area contributed by atoms with E-state index in [1.165, 1.54) is 31.5 Å². The molecule has 2 fully saturated rings. The van der Waals surface area contributed by atoms with E-state index < -0.39 is 5.97 Å². The van der Waals surface area contributed by atoms with Crippen molar-refractivity contribution in [1.82, 2.24) is 14.8 Å². The molecule has 104 valence electrons. The van der Waals surface area contributed by atoms with Crippen LogP contribution in [0.15, 0.2) is 5.16 Å². The average molecular weight is 281 g/mol. The van der Waals surface area contributed by atoms with Gasteiger partial charge in [-0.05, 0) is 38.5 Å². The van der Waals surface area contributed by atoms with Crippen LogP contribution in [-0.2, 0) is 4.79 Å². The Labute approximate surface area is 116 Å². The molecule has 0 saturated heterocycles. The fraction of sp³-hybridized carbons (Fsp3) is 0.769. The molecular weight excluding hydrogens is 262 g/mol. The van der Waals surface area contributed by atoms with Crippen LogP contribution in [0.3, 0.4) is 0 Å². The van der Waals surface area contributed by atoms with Gasteiger partial charge in [-0.2, -0.15) is 0 Å². The van der Waals surface area contributed by atoms with Crippen molar-refractivity contribution in [2.24, 2.45) is 0 Å². The van der Waals surface area contributed by atoms with Gasteiger partial charge in [0.1, 0.15) is 5.82 Å². The number of nitrogens with zero attached hydrogens (tertiary/aromatic N) is 3. The number of thioether (sulfide) groups is 1. The monoisotopic (exact) mass is 281 g/mol. The van der Waals surface area contributed by atoms with Crippen molar-refractivity contribution >= 4 is 17.7 Å². The number of carboxylic acid groups (broad SMARTS) is 1.